The van der Waals surface area contributed by atoms with Gasteiger partial charge in [0, 0.05) is 17.1 Å². The van der Waals surface area contributed by atoms with Crippen molar-refractivity contribution in [1.29, 1.82) is 0 Å². The van der Waals surface area contributed by atoms with Crippen molar-refractivity contribution in [2.75, 3.05) is 20.7 Å². The average Bonchev–Trinajstić information content (AvgIpc) is 2.20. The van der Waals surface area contributed by atoms with Crippen molar-refractivity contribution in [3.63, 3.8) is 0 Å². The van der Waals surface area contributed by atoms with Gasteiger partial charge in [-0.1, -0.05) is 17.7 Å². The van der Waals surface area contributed by atoms with Crippen LogP contribution in [0.4, 0.5) is 0 Å². The third-order valence-corrected chi connectivity index (χ3v) is 2.48. The van der Waals surface area contributed by atoms with Gasteiger partial charge in [-0.15, -0.1) is 0 Å². The predicted molar refractivity (Wildman–Crippen MR) is 62.0 cm³/mol. The molecule has 0 amide bonds. The molecule has 1 aromatic rings. The fourth-order valence-corrected chi connectivity index (χ4v) is 1.67. The third kappa shape index (κ3) is 3.40. The molecule has 0 saturated heterocycles. The summed E-state index contributed by atoms with van der Waals surface area (Å²) in [6.07, 6.45) is 0. The number of likely N-dealkylation sites (N-methyl/N-ethyl adjacent to an activating group) is 1. The van der Waals surface area contributed by atoms with Gasteiger partial charge in [0.1, 0.15) is 5.75 Å². The molecule has 1 N–H and O–H groups in total. The maximum atomic E-state index is 10.5. The number of carboxylic acids is 1. The zero-order chi connectivity index (χ0) is 12.1. The number of aliphatic carboxylic acids is 1. The maximum absolute atomic E-state index is 10.5. The van der Waals surface area contributed by atoms with Gasteiger partial charge in [0.15, 0.2) is 0 Å². The van der Waals surface area contributed by atoms with Gasteiger partial charge >= 0.3 is 5.97 Å². The van der Waals surface area contributed by atoms with Crippen molar-refractivity contribution in [3.05, 3.63) is 28.8 Å². The molecule has 0 spiro atoms. The Labute approximate surface area is 99.4 Å². The molecule has 0 saturated carbocycles. The summed E-state index contributed by atoms with van der Waals surface area (Å²) in [7, 11) is 3.28. The van der Waals surface area contributed by atoms with E-state index in [1.165, 1.54) is 0 Å². The first kappa shape index (κ1) is 12.8. The van der Waals surface area contributed by atoms with Crippen molar-refractivity contribution in [2.24, 2.45) is 0 Å². The molecule has 0 aliphatic heterocycles. The van der Waals surface area contributed by atoms with Gasteiger partial charge in [-0.25, -0.2) is 0 Å². The molecule has 0 fully saturated rings. The lowest BCUT2D eigenvalue weighted by atomic mass is 10.2. The summed E-state index contributed by atoms with van der Waals surface area (Å²) in [6, 6.07) is 5.35. The van der Waals surface area contributed by atoms with Crippen molar-refractivity contribution in [3.8, 4) is 5.75 Å². The molecular formula is C11H14ClNO3. The summed E-state index contributed by atoms with van der Waals surface area (Å²) in [6.45, 7) is 0.406. The second kappa shape index (κ2) is 5.72. The highest BCUT2D eigenvalue weighted by molar-refractivity contribution is 6.31. The number of hydrogen-bond acceptors (Lipinski definition) is 3. The minimum Gasteiger partial charge on any atom is -0.496 e. The van der Waals surface area contributed by atoms with Crippen LogP contribution in [-0.2, 0) is 11.3 Å². The fraction of sp³-hybridized carbons (Fsp3) is 0.364. The molecule has 0 atom stereocenters. The smallest absolute Gasteiger partial charge is 0.317 e. The first-order valence-electron chi connectivity index (χ1n) is 4.76. The molecule has 0 aromatic heterocycles. The summed E-state index contributed by atoms with van der Waals surface area (Å²) in [5.41, 5.74) is 0.801. The monoisotopic (exact) mass is 243 g/mol. The second-order valence-corrected chi connectivity index (χ2v) is 3.89. The van der Waals surface area contributed by atoms with Gasteiger partial charge in [0.05, 0.1) is 13.7 Å². The normalized spacial score (nSPS) is 10.5. The molecule has 4 nitrogen and oxygen atoms in total. The van der Waals surface area contributed by atoms with E-state index in [1.807, 2.05) is 0 Å². The Bertz CT molecular complexity index is 381. The zero-order valence-corrected chi connectivity index (χ0v) is 9.99. The molecule has 0 aliphatic carbocycles. The van der Waals surface area contributed by atoms with E-state index in [2.05, 4.69) is 0 Å². The summed E-state index contributed by atoms with van der Waals surface area (Å²) in [5.74, 6) is -0.196. The van der Waals surface area contributed by atoms with Crippen LogP contribution in [0.15, 0.2) is 18.2 Å². The Hall–Kier alpha value is -1.26. The highest BCUT2D eigenvalue weighted by atomic mass is 35.5. The van der Waals surface area contributed by atoms with E-state index in [1.54, 1.807) is 37.3 Å². The van der Waals surface area contributed by atoms with Gasteiger partial charge in [-0.2, -0.15) is 0 Å². The van der Waals surface area contributed by atoms with Crippen molar-refractivity contribution < 1.29 is 14.6 Å². The molecule has 0 aliphatic rings. The van der Waals surface area contributed by atoms with E-state index in [-0.39, 0.29) is 6.54 Å². The molecule has 0 bridgehead atoms. The minimum atomic E-state index is -0.867. The number of rotatable bonds is 5. The Morgan fingerprint density at radius 1 is 1.56 bits per heavy atom. The van der Waals surface area contributed by atoms with Gasteiger partial charge in [0.2, 0.25) is 0 Å². The highest BCUT2D eigenvalue weighted by Crippen LogP contribution is 2.27. The highest BCUT2D eigenvalue weighted by Gasteiger charge is 2.11. The van der Waals surface area contributed by atoms with Crippen LogP contribution >= 0.6 is 11.6 Å². The van der Waals surface area contributed by atoms with Crippen LogP contribution in [0.3, 0.4) is 0 Å². The van der Waals surface area contributed by atoms with E-state index in [4.69, 9.17) is 21.4 Å². The van der Waals surface area contributed by atoms with Gasteiger partial charge in [-0.05, 0) is 19.2 Å². The fourth-order valence-electron chi connectivity index (χ4n) is 1.44. The number of methoxy groups -OCH3 is 1. The quantitative estimate of drug-likeness (QED) is 0.858. The lowest BCUT2D eigenvalue weighted by Crippen LogP contribution is -2.25. The average molecular weight is 244 g/mol. The summed E-state index contributed by atoms with van der Waals surface area (Å²) in [5, 5.41) is 9.23. The molecule has 16 heavy (non-hydrogen) atoms. The van der Waals surface area contributed by atoms with Crippen molar-refractivity contribution in [1.82, 2.24) is 4.90 Å². The SMILES string of the molecule is COc1cccc(Cl)c1CN(C)CC(=O)O. The molecule has 0 unspecified atom stereocenters. The standard InChI is InChI=1S/C11H14ClNO3/c1-13(7-11(14)15)6-8-9(12)4-3-5-10(8)16-2/h3-5H,6-7H2,1-2H3,(H,14,15). The zero-order valence-electron chi connectivity index (χ0n) is 9.24. The number of hydrogen-bond donors (Lipinski definition) is 1. The van der Waals surface area contributed by atoms with Crippen LogP contribution in [0.25, 0.3) is 0 Å². The summed E-state index contributed by atoms with van der Waals surface area (Å²) >= 11 is 6.03. The molecular weight excluding hydrogens is 230 g/mol. The Balaban J connectivity index is 2.83. The Kier molecular flexibility index (Phi) is 4.58. The lowest BCUT2D eigenvalue weighted by Gasteiger charge is -2.17. The molecule has 1 rings (SSSR count). The van der Waals surface area contributed by atoms with Crippen LogP contribution in [-0.4, -0.2) is 36.7 Å². The molecule has 0 heterocycles. The van der Waals surface area contributed by atoms with E-state index in [9.17, 15) is 4.79 Å². The van der Waals surface area contributed by atoms with Crippen LogP contribution in [0.5, 0.6) is 5.75 Å². The molecule has 5 heteroatoms. The van der Waals surface area contributed by atoms with E-state index in [0.717, 1.165) is 5.56 Å². The van der Waals surface area contributed by atoms with Gasteiger partial charge in [-0.3, -0.25) is 9.69 Å². The van der Waals surface area contributed by atoms with E-state index >= 15 is 0 Å². The first-order chi connectivity index (χ1) is 7.54. The third-order valence-electron chi connectivity index (χ3n) is 2.13. The summed E-state index contributed by atoms with van der Waals surface area (Å²) < 4.78 is 5.17. The van der Waals surface area contributed by atoms with Crippen LogP contribution in [0, 0.1) is 0 Å². The Morgan fingerprint density at radius 2 is 2.25 bits per heavy atom. The second-order valence-electron chi connectivity index (χ2n) is 3.49. The Morgan fingerprint density at radius 3 is 2.81 bits per heavy atom. The predicted octanol–water partition coefficient (Wildman–Crippen LogP) is 1.86. The minimum absolute atomic E-state index is 0.0334. The molecule has 1 aromatic carbocycles. The maximum Gasteiger partial charge on any atom is 0.317 e. The van der Waals surface area contributed by atoms with Crippen LogP contribution in [0.1, 0.15) is 5.56 Å². The van der Waals surface area contributed by atoms with Crippen molar-refractivity contribution in [2.45, 2.75) is 6.54 Å². The topological polar surface area (TPSA) is 49.8 Å². The number of nitrogens with zero attached hydrogens (tertiary/aromatic N) is 1. The lowest BCUT2D eigenvalue weighted by molar-refractivity contribution is -0.138. The number of halogens is 1. The van der Waals surface area contributed by atoms with Crippen molar-refractivity contribution >= 4 is 17.6 Å². The van der Waals surface area contributed by atoms with Crippen LogP contribution < -0.4 is 4.74 Å². The number of benzene rings is 1. The number of carbonyl (C=O) groups is 1. The molecule has 0 radical (unpaired) electrons. The summed E-state index contributed by atoms with van der Waals surface area (Å²) in [4.78, 5) is 12.2. The number of carboxylic acid groups (broad SMARTS) is 1. The van der Waals surface area contributed by atoms with Crippen LogP contribution in [0.2, 0.25) is 5.02 Å². The van der Waals surface area contributed by atoms with Gasteiger partial charge < -0.3 is 9.84 Å². The molecule has 88 valence electrons. The van der Waals surface area contributed by atoms with E-state index in [0.29, 0.717) is 17.3 Å². The largest absolute Gasteiger partial charge is 0.496 e. The van der Waals surface area contributed by atoms with E-state index < -0.39 is 5.97 Å². The van der Waals surface area contributed by atoms with Gasteiger partial charge in [0.25, 0.3) is 0 Å². The number of ether oxygens (including phenoxy) is 1. The first-order valence-corrected chi connectivity index (χ1v) is 5.14.